The highest BCUT2D eigenvalue weighted by Crippen LogP contribution is 2.21. The van der Waals surface area contributed by atoms with E-state index in [4.69, 9.17) is 0 Å². The van der Waals surface area contributed by atoms with Crippen LogP contribution in [0.25, 0.3) is 0 Å². The maximum Gasteiger partial charge on any atom is 0.236 e. The molecule has 1 saturated heterocycles. The first-order valence-corrected chi connectivity index (χ1v) is 8.38. The predicted octanol–water partition coefficient (Wildman–Crippen LogP) is 1.68. The molecule has 1 N–H and O–H groups in total. The normalized spacial score (nSPS) is 19.1. The summed E-state index contributed by atoms with van der Waals surface area (Å²) < 4.78 is 0. The van der Waals surface area contributed by atoms with Crippen LogP contribution in [0.2, 0.25) is 0 Å². The van der Waals surface area contributed by atoms with Crippen molar-refractivity contribution in [3.8, 4) is 0 Å². The van der Waals surface area contributed by atoms with Gasteiger partial charge in [-0.3, -0.25) is 14.7 Å². The number of aromatic nitrogens is 1. The van der Waals surface area contributed by atoms with E-state index in [-0.39, 0.29) is 11.9 Å². The van der Waals surface area contributed by atoms with Crippen LogP contribution in [0.15, 0.2) is 24.5 Å². The van der Waals surface area contributed by atoms with Crippen LogP contribution in [0.1, 0.15) is 38.3 Å². The molecule has 0 bridgehead atoms. The van der Waals surface area contributed by atoms with Crippen molar-refractivity contribution in [3.63, 3.8) is 0 Å². The third-order valence-electron chi connectivity index (χ3n) is 4.10. The van der Waals surface area contributed by atoms with Gasteiger partial charge in [-0.1, -0.05) is 19.9 Å². The molecule has 1 atom stereocenters. The predicted molar refractivity (Wildman–Crippen MR) is 88.6 cm³/mol. The van der Waals surface area contributed by atoms with Crippen molar-refractivity contribution < 1.29 is 4.79 Å². The second kappa shape index (κ2) is 8.86. The molecule has 1 fully saturated rings. The molecule has 0 aliphatic carbocycles. The third kappa shape index (κ3) is 4.52. The smallest absolute Gasteiger partial charge is 0.236 e. The van der Waals surface area contributed by atoms with Crippen molar-refractivity contribution in [2.24, 2.45) is 0 Å². The average molecular weight is 304 g/mol. The van der Waals surface area contributed by atoms with Crippen LogP contribution in [-0.4, -0.2) is 60.0 Å². The minimum absolute atomic E-state index is 0.233. The molecular formula is C17H28N4O. The first-order chi connectivity index (χ1) is 10.8. The molecule has 1 amide bonds. The lowest BCUT2D eigenvalue weighted by Gasteiger charge is -2.37. The highest BCUT2D eigenvalue weighted by Gasteiger charge is 2.26. The Hall–Kier alpha value is -1.46. The van der Waals surface area contributed by atoms with Crippen LogP contribution in [-0.2, 0) is 4.79 Å². The Morgan fingerprint density at radius 3 is 2.82 bits per heavy atom. The molecule has 2 rings (SSSR count). The maximum atomic E-state index is 12.6. The molecule has 22 heavy (non-hydrogen) atoms. The molecule has 1 aromatic heterocycles. The number of nitrogens with one attached hydrogen (secondary N) is 1. The SMILES string of the molecule is CCCN(CCC)C(=O)CN1CCNCC1c1cccnc1. The van der Waals surface area contributed by atoms with Gasteiger partial charge in [-0.25, -0.2) is 0 Å². The van der Waals surface area contributed by atoms with E-state index in [1.807, 2.05) is 17.2 Å². The molecule has 2 heterocycles. The number of pyridine rings is 1. The van der Waals surface area contributed by atoms with Crippen LogP contribution in [0, 0.1) is 0 Å². The minimum atomic E-state index is 0.233. The molecule has 1 aliphatic heterocycles. The van der Waals surface area contributed by atoms with Gasteiger partial charge in [0.05, 0.1) is 6.54 Å². The van der Waals surface area contributed by atoms with E-state index in [1.165, 1.54) is 5.56 Å². The summed E-state index contributed by atoms with van der Waals surface area (Å²) in [7, 11) is 0. The van der Waals surface area contributed by atoms with Gasteiger partial charge in [-0.05, 0) is 24.5 Å². The number of amides is 1. The standard InChI is InChI=1S/C17H28N4O/c1-3-9-20(10-4-2)17(22)14-21-11-8-19-13-16(21)15-6-5-7-18-12-15/h5-7,12,16,19H,3-4,8-11,13-14H2,1-2H3. The summed E-state index contributed by atoms with van der Waals surface area (Å²) in [5.41, 5.74) is 1.18. The van der Waals surface area contributed by atoms with E-state index in [2.05, 4.69) is 35.1 Å². The van der Waals surface area contributed by atoms with Gasteiger partial charge in [0.15, 0.2) is 0 Å². The van der Waals surface area contributed by atoms with Gasteiger partial charge in [-0.15, -0.1) is 0 Å². The second-order valence-electron chi connectivity index (χ2n) is 5.86. The van der Waals surface area contributed by atoms with Gasteiger partial charge in [0.25, 0.3) is 0 Å². The fourth-order valence-electron chi connectivity index (χ4n) is 3.01. The lowest BCUT2D eigenvalue weighted by atomic mass is 10.1. The van der Waals surface area contributed by atoms with Gasteiger partial charge < -0.3 is 10.2 Å². The van der Waals surface area contributed by atoms with Crippen LogP contribution in [0.5, 0.6) is 0 Å². The number of hydrogen-bond donors (Lipinski definition) is 1. The summed E-state index contributed by atoms with van der Waals surface area (Å²) in [4.78, 5) is 21.1. The maximum absolute atomic E-state index is 12.6. The van der Waals surface area contributed by atoms with Crippen molar-refractivity contribution in [1.29, 1.82) is 0 Å². The summed E-state index contributed by atoms with van der Waals surface area (Å²) in [6, 6.07) is 4.29. The fraction of sp³-hybridized carbons (Fsp3) is 0.647. The highest BCUT2D eigenvalue weighted by atomic mass is 16.2. The minimum Gasteiger partial charge on any atom is -0.342 e. The van der Waals surface area contributed by atoms with Gasteiger partial charge >= 0.3 is 0 Å². The lowest BCUT2D eigenvalue weighted by molar-refractivity contribution is -0.133. The fourth-order valence-corrected chi connectivity index (χ4v) is 3.01. The first kappa shape index (κ1) is 16.9. The van der Waals surface area contributed by atoms with Crippen LogP contribution in [0.3, 0.4) is 0 Å². The van der Waals surface area contributed by atoms with E-state index >= 15 is 0 Å². The Bertz CT molecular complexity index is 445. The molecule has 1 aromatic rings. The number of hydrogen-bond acceptors (Lipinski definition) is 4. The largest absolute Gasteiger partial charge is 0.342 e. The van der Waals surface area contributed by atoms with Gasteiger partial charge in [0.2, 0.25) is 5.91 Å². The van der Waals surface area contributed by atoms with E-state index in [9.17, 15) is 4.79 Å². The average Bonchev–Trinajstić information content (AvgIpc) is 2.56. The van der Waals surface area contributed by atoms with Crippen molar-refractivity contribution in [2.45, 2.75) is 32.7 Å². The zero-order valence-corrected chi connectivity index (χ0v) is 13.8. The molecule has 5 nitrogen and oxygen atoms in total. The molecule has 1 unspecified atom stereocenters. The lowest BCUT2D eigenvalue weighted by Crippen LogP contribution is -2.50. The second-order valence-corrected chi connectivity index (χ2v) is 5.86. The zero-order valence-electron chi connectivity index (χ0n) is 13.8. The van der Waals surface area contributed by atoms with Gasteiger partial charge in [0.1, 0.15) is 0 Å². The van der Waals surface area contributed by atoms with Crippen molar-refractivity contribution in [2.75, 3.05) is 39.3 Å². The van der Waals surface area contributed by atoms with E-state index in [0.717, 1.165) is 45.6 Å². The number of carbonyl (C=O) groups is 1. The highest BCUT2D eigenvalue weighted by molar-refractivity contribution is 5.78. The molecule has 0 radical (unpaired) electrons. The quantitative estimate of drug-likeness (QED) is 0.832. The monoisotopic (exact) mass is 304 g/mol. The van der Waals surface area contributed by atoms with Crippen LogP contribution in [0.4, 0.5) is 0 Å². The number of nitrogens with zero attached hydrogens (tertiary/aromatic N) is 3. The summed E-state index contributed by atoms with van der Waals surface area (Å²) in [6.45, 7) is 9.18. The molecule has 0 aromatic carbocycles. The topological polar surface area (TPSA) is 48.5 Å². The molecule has 0 saturated carbocycles. The van der Waals surface area contributed by atoms with Crippen molar-refractivity contribution in [3.05, 3.63) is 30.1 Å². The van der Waals surface area contributed by atoms with E-state index in [0.29, 0.717) is 6.54 Å². The number of carbonyl (C=O) groups excluding carboxylic acids is 1. The van der Waals surface area contributed by atoms with E-state index in [1.54, 1.807) is 6.20 Å². The number of piperazine rings is 1. The molecular weight excluding hydrogens is 276 g/mol. The molecule has 0 spiro atoms. The van der Waals surface area contributed by atoms with E-state index < -0.39 is 0 Å². The Morgan fingerprint density at radius 2 is 2.18 bits per heavy atom. The Kier molecular flexibility index (Phi) is 6.80. The zero-order chi connectivity index (χ0) is 15.8. The summed E-state index contributed by atoms with van der Waals surface area (Å²) in [6.07, 6.45) is 5.73. The Balaban J connectivity index is 2.03. The molecule has 1 aliphatic rings. The Labute approximate surface area is 133 Å². The number of rotatable bonds is 7. The third-order valence-corrected chi connectivity index (χ3v) is 4.10. The molecule has 5 heteroatoms. The van der Waals surface area contributed by atoms with Crippen LogP contribution < -0.4 is 5.32 Å². The van der Waals surface area contributed by atoms with Crippen molar-refractivity contribution >= 4 is 5.91 Å². The summed E-state index contributed by atoms with van der Waals surface area (Å²) in [5.74, 6) is 0.250. The first-order valence-electron chi connectivity index (χ1n) is 8.38. The summed E-state index contributed by atoms with van der Waals surface area (Å²) >= 11 is 0. The summed E-state index contributed by atoms with van der Waals surface area (Å²) in [5, 5.41) is 3.42. The van der Waals surface area contributed by atoms with Gasteiger partial charge in [-0.2, -0.15) is 0 Å². The Morgan fingerprint density at radius 1 is 1.41 bits per heavy atom. The van der Waals surface area contributed by atoms with Crippen LogP contribution >= 0.6 is 0 Å². The van der Waals surface area contributed by atoms with Crippen molar-refractivity contribution in [1.82, 2.24) is 20.1 Å². The van der Waals surface area contributed by atoms with Gasteiger partial charge in [0, 0.05) is 51.2 Å². The molecule has 122 valence electrons.